The maximum atomic E-state index is 11.8. The first-order valence-electron chi connectivity index (χ1n) is 9.63. The lowest BCUT2D eigenvalue weighted by Gasteiger charge is -2.47. The quantitative estimate of drug-likeness (QED) is 0.565. The van der Waals surface area contributed by atoms with Crippen molar-refractivity contribution in [2.75, 3.05) is 25.0 Å². The van der Waals surface area contributed by atoms with Crippen molar-refractivity contribution in [1.29, 1.82) is 0 Å². The molecule has 4 aromatic rings. The number of likely N-dealkylation sites (tertiary alicyclic amines) is 1. The predicted molar refractivity (Wildman–Crippen MR) is 110 cm³/mol. The lowest BCUT2D eigenvalue weighted by atomic mass is 9.94. The monoisotopic (exact) mass is 372 g/mol. The number of nitrogens with one attached hydrogen (secondary N) is 2. The summed E-state index contributed by atoms with van der Waals surface area (Å²) in [5, 5.41) is 0.935. The number of hydrogen-bond acceptors (Lipinski definition) is 5. The second-order valence-electron chi connectivity index (χ2n) is 7.76. The standard InChI is InChI=1S/C21H20N6O/c1-26-9-7-16-17(26)11-27(16)20-13(6-3-8-22-20)12-4-2-5-14-18(12)23-10-15-19(14)25-21(28)24-15/h2-6,8,10,16-17H,7,9,11H2,1H3,(H2,24,25,28)/t16-,17-/m0/s1. The van der Waals surface area contributed by atoms with Crippen LogP contribution in [0.1, 0.15) is 6.42 Å². The third-order valence-corrected chi connectivity index (χ3v) is 6.31. The first-order valence-corrected chi connectivity index (χ1v) is 9.63. The van der Waals surface area contributed by atoms with Gasteiger partial charge in [0, 0.05) is 47.9 Å². The maximum Gasteiger partial charge on any atom is 0.323 e. The minimum atomic E-state index is -0.214. The van der Waals surface area contributed by atoms with E-state index in [0.717, 1.165) is 52.0 Å². The number of H-pyrrole nitrogens is 2. The number of para-hydroxylation sites is 1. The molecule has 0 aliphatic carbocycles. The minimum Gasteiger partial charge on any atom is -0.350 e. The van der Waals surface area contributed by atoms with E-state index in [1.54, 1.807) is 6.20 Å². The van der Waals surface area contributed by atoms with Gasteiger partial charge in [0.1, 0.15) is 5.82 Å². The molecule has 7 nitrogen and oxygen atoms in total. The Morgan fingerprint density at radius 2 is 1.96 bits per heavy atom. The second kappa shape index (κ2) is 5.65. The van der Waals surface area contributed by atoms with Gasteiger partial charge in [0.05, 0.1) is 22.7 Å². The van der Waals surface area contributed by atoms with E-state index in [4.69, 9.17) is 4.98 Å². The van der Waals surface area contributed by atoms with Gasteiger partial charge in [-0.3, -0.25) is 9.88 Å². The van der Waals surface area contributed by atoms with Gasteiger partial charge in [-0.2, -0.15) is 0 Å². The van der Waals surface area contributed by atoms with Crippen LogP contribution in [0.2, 0.25) is 0 Å². The van der Waals surface area contributed by atoms with E-state index in [1.807, 2.05) is 24.4 Å². The van der Waals surface area contributed by atoms with Crippen LogP contribution in [0.4, 0.5) is 5.82 Å². The molecule has 2 N–H and O–H groups in total. The molecular weight excluding hydrogens is 352 g/mol. The molecule has 0 bridgehead atoms. The van der Waals surface area contributed by atoms with E-state index >= 15 is 0 Å². The van der Waals surface area contributed by atoms with E-state index in [1.165, 1.54) is 6.42 Å². The summed E-state index contributed by atoms with van der Waals surface area (Å²) in [6.45, 7) is 2.15. The predicted octanol–water partition coefficient (Wildman–Crippen LogP) is 2.36. The molecule has 0 radical (unpaired) electrons. The molecule has 2 aliphatic heterocycles. The summed E-state index contributed by atoms with van der Waals surface area (Å²) in [6, 6.07) is 11.4. The zero-order valence-corrected chi connectivity index (χ0v) is 15.5. The van der Waals surface area contributed by atoms with Crippen molar-refractivity contribution in [2.24, 2.45) is 0 Å². The average molecular weight is 372 g/mol. The average Bonchev–Trinajstić information content (AvgIpc) is 3.20. The van der Waals surface area contributed by atoms with Crippen LogP contribution in [0.15, 0.2) is 47.5 Å². The number of anilines is 1. The number of benzene rings is 1. The van der Waals surface area contributed by atoms with Gasteiger partial charge < -0.3 is 14.9 Å². The number of imidazole rings is 1. The maximum absolute atomic E-state index is 11.8. The smallest absolute Gasteiger partial charge is 0.323 e. The van der Waals surface area contributed by atoms with E-state index in [2.05, 4.69) is 43.9 Å². The van der Waals surface area contributed by atoms with Crippen molar-refractivity contribution < 1.29 is 0 Å². The molecule has 1 aromatic carbocycles. The Morgan fingerprint density at radius 1 is 1.07 bits per heavy atom. The number of hydrogen-bond donors (Lipinski definition) is 2. The first kappa shape index (κ1) is 15.8. The van der Waals surface area contributed by atoms with Crippen LogP contribution in [-0.2, 0) is 0 Å². The summed E-state index contributed by atoms with van der Waals surface area (Å²) in [5.74, 6) is 1.02. The zero-order chi connectivity index (χ0) is 18.8. The number of likely N-dealkylation sites (N-methyl/N-ethyl adjacent to an activating group) is 1. The molecule has 6 rings (SSSR count). The molecule has 28 heavy (non-hydrogen) atoms. The molecule has 0 spiro atoms. The van der Waals surface area contributed by atoms with Crippen molar-refractivity contribution in [1.82, 2.24) is 24.8 Å². The van der Waals surface area contributed by atoms with Gasteiger partial charge in [-0.05, 0) is 25.6 Å². The molecule has 3 aromatic heterocycles. The molecular formula is C21H20N6O. The summed E-state index contributed by atoms with van der Waals surface area (Å²) < 4.78 is 0. The molecule has 2 fully saturated rings. The van der Waals surface area contributed by atoms with Gasteiger partial charge in [0.15, 0.2) is 0 Å². The van der Waals surface area contributed by atoms with Crippen molar-refractivity contribution in [3.63, 3.8) is 0 Å². The van der Waals surface area contributed by atoms with Crippen LogP contribution < -0.4 is 10.6 Å². The Morgan fingerprint density at radius 3 is 2.86 bits per heavy atom. The van der Waals surface area contributed by atoms with E-state index < -0.39 is 0 Å². The molecule has 2 saturated heterocycles. The highest BCUT2D eigenvalue weighted by Gasteiger charge is 2.46. The van der Waals surface area contributed by atoms with Gasteiger partial charge in [-0.15, -0.1) is 0 Å². The Kier molecular flexibility index (Phi) is 3.20. The lowest BCUT2D eigenvalue weighted by molar-refractivity contribution is 0.241. The summed E-state index contributed by atoms with van der Waals surface area (Å²) in [5.41, 5.74) is 4.31. The third-order valence-electron chi connectivity index (χ3n) is 6.31. The second-order valence-corrected chi connectivity index (χ2v) is 7.76. The SMILES string of the molecule is CN1CC[C@H]2[C@@H]1CN2c1ncccc1-c1cccc2c1ncc1[nH]c(=O)[nH]c12. The van der Waals surface area contributed by atoms with Gasteiger partial charge in [-0.25, -0.2) is 9.78 Å². The largest absolute Gasteiger partial charge is 0.350 e. The third kappa shape index (κ3) is 2.10. The Balaban J connectivity index is 1.53. The fourth-order valence-electron chi connectivity index (χ4n) is 4.83. The van der Waals surface area contributed by atoms with Gasteiger partial charge >= 0.3 is 5.69 Å². The number of rotatable bonds is 2. The molecule has 0 saturated carbocycles. The first-order chi connectivity index (χ1) is 13.7. The number of nitrogens with zero attached hydrogens (tertiary/aromatic N) is 4. The summed E-state index contributed by atoms with van der Waals surface area (Å²) in [6.07, 6.45) is 4.77. The van der Waals surface area contributed by atoms with E-state index in [-0.39, 0.29) is 5.69 Å². The number of aromatic nitrogens is 4. The molecule has 5 heterocycles. The van der Waals surface area contributed by atoms with Crippen molar-refractivity contribution in [3.05, 3.63) is 53.2 Å². The fourth-order valence-corrected chi connectivity index (χ4v) is 4.83. The van der Waals surface area contributed by atoms with Crippen LogP contribution in [-0.4, -0.2) is 57.1 Å². The summed E-state index contributed by atoms with van der Waals surface area (Å²) in [4.78, 5) is 31.7. The highest BCUT2D eigenvalue weighted by molar-refractivity contribution is 6.07. The fraction of sp³-hybridized carbons (Fsp3) is 0.286. The van der Waals surface area contributed by atoms with Crippen LogP contribution >= 0.6 is 0 Å². The highest BCUT2D eigenvalue weighted by atomic mass is 16.1. The Labute approximate surface area is 161 Å². The minimum absolute atomic E-state index is 0.214. The molecule has 0 unspecified atom stereocenters. The van der Waals surface area contributed by atoms with Crippen molar-refractivity contribution in [2.45, 2.75) is 18.5 Å². The molecule has 2 atom stereocenters. The van der Waals surface area contributed by atoms with Crippen molar-refractivity contribution >= 4 is 27.8 Å². The Bertz CT molecular complexity index is 1270. The summed E-state index contributed by atoms with van der Waals surface area (Å²) in [7, 11) is 2.21. The van der Waals surface area contributed by atoms with Crippen molar-refractivity contribution in [3.8, 4) is 11.1 Å². The van der Waals surface area contributed by atoms with Crippen LogP contribution in [0.3, 0.4) is 0 Å². The van der Waals surface area contributed by atoms with E-state index in [0.29, 0.717) is 12.1 Å². The van der Waals surface area contributed by atoms with E-state index in [9.17, 15) is 4.79 Å². The lowest BCUT2D eigenvalue weighted by Crippen LogP contribution is -2.61. The van der Waals surface area contributed by atoms with Crippen LogP contribution in [0.5, 0.6) is 0 Å². The zero-order valence-electron chi connectivity index (χ0n) is 15.5. The Hall–Kier alpha value is -3.19. The molecule has 140 valence electrons. The van der Waals surface area contributed by atoms with Gasteiger partial charge in [0.25, 0.3) is 0 Å². The topological polar surface area (TPSA) is 80.9 Å². The van der Waals surface area contributed by atoms with Crippen LogP contribution in [0.25, 0.3) is 33.1 Å². The van der Waals surface area contributed by atoms with Crippen LogP contribution in [0, 0.1) is 0 Å². The highest BCUT2D eigenvalue weighted by Crippen LogP contribution is 2.41. The molecule has 0 amide bonds. The normalized spacial score (nSPS) is 22.0. The summed E-state index contributed by atoms with van der Waals surface area (Å²) >= 11 is 0. The van der Waals surface area contributed by atoms with Gasteiger partial charge in [0.2, 0.25) is 0 Å². The number of pyridine rings is 2. The van der Waals surface area contributed by atoms with Gasteiger partial charge in [-0.1, -0.05) is 18.2 Å². The number of aromatic amines is 2. The molecule has 2 aliphatic rings. The molecule has 7 heteroatoms. The number of fused-ring (bicyclic) bond motifs is 4.